The van der Waals surface area contributed by atoms with Crippen LogP contribution in [0.25, 0.3) is 11.0 Å². The van der Waals surface area contributed by atoms with Gasteiger partial charge in [-0.1, -0.05) is 0 Å². The highest BCUT2D eigenvalue weighted by Crippen LogP contribution is 2.27. The first kappa shape index (κ1) is 15.5. The monoisotopic (exact) mass is 321 g/mol. The molecule has 1 aliphatic rings. The number of nitrogen functional groups attached to an aromatic ring is 1. The average molecular weight is 321 g/mol. The normalized spacial score (nSPS) is 27.3. The van der Waals surface area contributed by atoms with Gasteiger partial charge in [0.1, 0.15) is 30.5 Å². The lowest BCUT2D eigenvalue weighted by molar-refractivity contribution is -0.0153. The summed E-state index contributed by atoms with van der Waals surface area (Å²) in [6, 6.07) is 2.58. The molecule has 2 aromatic heterocycles. The zero-order chi connectivity index (χ0) is 16.6. The quantitative estimate of drug-likeness (QED) is 0.419. The Morgan fingerprint density at radius 1 is 1.26 bits per heavy atom. The second-order valence-electron chi connectivity index (χ2n) is 5.06. The Kier molecular flexibility index (Phi) is 4.05. The molecule has 122 valence electrons. The summed E-state index contributed by atoms with van der Waals surface area (Å²) in [6.07, 6.45) is -3.28. The van der Waals surface area contributed by atoms with Crippen LogP contribution in [-0.4, -0.2) is 61.4 Å². The number of rotatable bonds is 3. The molecule has 1 fully saturated rings. The molecule has 2 aromatic rings. The third-order valence-electron chi connectivity index (χ3n) is 3.56. The van der Waals surface area contributed by atoms with Gasteiger partial charge in [-0.3, -0.25) is 4.79 Å². The average Bonchev–Trinajstić information content (AvgIpc) is 2.71. The van der Waals surface area contributed by atoms with Crippen LogP contribution < -0.4 is 16.6 Å². The van der Waals surface area contributed by atoms with Gasteiger partial charge in [0.05, 0.1) is 12.0 Å². The summed E-state index contributed by atoms with van der Waals surface area (Å²) < 4.78 is 5.33. The van der Waals surface area contributed by atoms with Crippen molar-refractivity contribution in [1.29, 1.82) is 0 Å². The minimum Gasteiger partial charge on any atom is -0.398 e. The first-order valence-corrected chi connectivity index (χ1v) is 6.82. The van der Waals surface area contributed by atoms with E-state index in [1.54, 1.807) is 0 Å². The van der Waals surface area contributed by atoms with E-state index in [-0.39, 0.29) is 22.5 Å². The number of anilines is 2. The van der Waals surface area contributed by atoms with Crippen LogP contribution in [0.1, 0.15) is 0 Å². The number of aliphatic hydroxyl groups is 3. The van der Waals surface area contributed by atoms with Gasteiger partial charge in [-0.2, -0.15) is 4.98 Å². The molecular weight excluding hydrogens is 306 g/mol. The number of nitrogens with two attached hydrogens (primary N) is 1. The maximum Gasteiger partial charge on any atom is 0.271 e. The predicted octanol–water partition coefficient (Wildman–Crippen LogP) is -2.18. The first-order chi connectivity index (χ1) is 11.0. The van der Waals surface area contributed by atoms with E-state index in [1.165, 1.54) is 18.5 Å². The van der Waals surface area contributed by atoms with Crippen LogP contribution in [0, 0.1) is 0 Å². The van der Waals surface area contributed by atoms with E-state index in [4.69, 9.17) is 15.6 Å². The molecule has 0 spiro atoms. The fourth-order valence-corrected chi connectivity index (χ4v) is 2.38. The largest absolute Gasteiger partial charge is 0.398 e. The fraction of sp³-hybridized carbons (Fsp3) is 0.385. The maximum atomic E-state index is 11.5. The summed E-state index contributed by atoms with van der Waals surface area (Å²) in [5.74, 6) is 0.186. The second kappa shape index (κ2) is 6.01. The van der Waals surface area contributed by atoms with Gasteiger partial charge >= 0.3 is 0 Å². The van der Waals surface area contributed by atoms with E-state index in [0.29, 0.717) is 0 Å². The van der Waals surface area contributed by atoms with Crippen molar-refractivity contribution in [2.75, 3.05) is 17.7 Å². The molecule has 4 atom stereocenters. The summed E-state index contributed by atoms with van der Waals surface area (Å²) in [4.78, 5) is 23.2. The van der Waals surface area contributed by atoms with E-state index < -0.39 is 36.7 Å². The van der Waals surface area contributed by atoms with Gasteiger partial charge in [-0.05, 0) is 6.07 Å². The molecule has 0 saturated carbocycles. The third kappa shape index (κ3) is 2.80. The van der Waals surface area contributed by atoms with Crippen molar-refractivity contribution in [1.82, 2.24) is 15.0 Å². The lowest BCUT2D eigenvalue weighted by Crippen LogP contribution is -2.36. The summed E-state index contributed by atoms with van der Waals surface area (Å²) in [6.45, 7) is -0.445. The molecule has 0 aromatic carbocycles. The highest BCUT2D eigenvalue weighted by molar-refractivity contribution is 5.95. The summed E-state index contributed by atoms with van der Waals surface area (Å²) in [5.41, 5.74) is 5.69. The number of nitrogens with zero attached hydrogens (tertiary/aromatic N) is 3. The molecule has 3 rings (SSSR count). The van der Waals surface area contributed by atoms with Gasteiger partial charge in [0.15, 0.2) is 11.9 Å². The Balaban J connectivity index is 2.02. The SMILES string of the molecule is Nc1ccc(=O)nc2ncnc(NC3OC(CO)C(O)C3O)c12. The second-order valence-corrected chi connectivity index (χ2v) is 5.06. The number of fused-ring (bicyclic) bond motifs is 1. The van der Waals surface area contributed by atoms with Gasteiger partial charge in [0, 0.05) is 11.8 Å². The van der Waals surface area contributed by atoms with Crippen LogP contribution in [0.5, 0.6) is 0 Å². The zero-order valence-electron chi connectivity index (χ0n) is 11.8. The number of aromatic nitrogens is 3. The summed E-state index contributed by atoms with van der Waals surface area (Å²) >= 11 is 0. The van der Waals surface area contributed by atoms with E-state index in [9.17, 15) is 15.0 Å². The smallest absolute Gasteiger partial charge is 0.271 e. The fourth-order valence-electron chi connectivity index (χ4n) is 2.38. The number of nitrogens with one attached hydrogen (secondary N) is 1. The Morgan fingerprint density at radius 3 is 2.74 bits per heavy atom. The van der Waals surface area contributed by atoms with Gasteiger partial charge in [-0.25, -0.2) is 9.97 Å². The van der Waals surface area contributed by atoms with E-state index in [1.807, 2.05) is 0 Å². The Bertz CT molecular complexity index is 788. The van der Waals surface area contributed by atoms with E-state index in [0.717, 1.165) is 0 Å². The minimum absolute atomic E-state index is 0.0849. The molecule has 10 nitrogen and oxygen atoms in total. The summed E-state index contributed by atoms with van der Waals surface area (Å²) in [7, 11) is 0. The molecule has 0 amide bonds. The molecule has 3 heterocycles. The molecule has 10 heteroatoms. The highest BCUT2D eigenvalue weighted by atomic mass is 16.6. The first-order valence-electron chi connectivity index (χ1n) is 6.82. The van der Waals surface area contributed by atoms with Crippen LogP contribution in [0.4, 0.5) is 11.5 Å². The number of aliphatic hydroxyl groups excluding tert-OH is 3. The minimum atomic E-state index is -1.28. The molecule has 0 radical (unpaired) electrons. The Morgan fingerprint density at radius 2 is 2.04 bits per heavy atom. The van der Waals surface area contributed by atoms with Crippen molar-refractivity contribution < 1.29 is 20.1 Å². The molecule has 1 aliphatic heterocycles. The lowest BCUT2D eigenvalue weighted by atomic mass is 10.1. The number of ether oxygens (including phenoxy) is 1. The van der Waals surface area contributed by atoms with Crippen molar-refractivity contribution in [3.63, 3.8) is 0 Å². The van der Waals surface area contributed by atoms with Gasteiger partial charge in [-0.15, -0.1) is 0 Å². The van der Waals surface area contributed by atoms with Gasteiger partial charge in [0.25, 0.3) is 5.56 Å². The standard InChI is InChI=1S/C13H15N5O5/c14-5-1-2-7(20)17-11-8(5)12(16-4-15-11)18-13-10(22)9(21)6(3-19)23-13/h1-2,4,6,9-10,13,19,21-22H,3,14H2,(H,15,16,17,18,20). The van der Waals surface area contributed by atoms with Crippen LogP contribution in [0.3, 0.4) is 0 Å². The maximum absolute atomic E-state index is 11.5. The molecule has 0 aliphatic carbocycles. The van der Waals surface area contributed by atoms with Crippen LogP contribution in [0.15, 0.2) is 23.3 Å². The van der Waals surface area contributed by atoms with Crippen molar-refractivity contribution in [2.45, 2.75) is 24.5 Å². The van der Waals surface area contributed by atoms with E-state index >= 15 is 0 Å². The zero-order valence-corrected chi connectivity index (χ0v) is 11.8. The van der Waals surface area contributed by atoms with Crippen molar-refractivity contribution in [3.8, 4) is 0 Å². The number of hydrogen-bond donors (Lipinski definition) is 5. The van der Waals surface area contributed by atoms with Gasteiger partial charge < -0.3 is 31.1 Å². The Labute approximate surface area is 129 Å². The topological polar surface area (TPSA) is 164 Å². The molecule has 6 N–H and O–H groups in total. The molecule has 23 heavy (non-hydrogen) atoms. The van der Waals surface area contributed by atoms with E-state index in [2.05, 4.69) is 20.3 Å². The Hall–Kier alpha value is -2.40. The van der Waals surface area contributed by atoms with Crippen molar-refractivity contribution in [2.24, 2.45) is 0 Å². The van der Waals surface area contributed by atoms with Crippen LogP contribution >= 0.6 is 0 Å². The molecule has 4 unspecified atom stereocenters. The van der Waals surface area contributed by atoms with Crippen LogP contribution in [0.2, 0.25) is 0 Å². The lowest BCUT2D eigenvalue weighted by Gasteiger charge is -2.17. The molecular formula is C13H15N5O5. The predicted molar refractivity (Wildman–Crippen MR) is 79.4 cm³/mol. The van der Waals surface area contributed by atoms with Crippen molar-refractivity contribution in [3.05, 3.63) is 28.8 Å². The molecule has 1 saturated heterocycles. The third-order valence-corrected chi connectivity index (χ3v) is 3.56. The van der Waals surface area contributed by atoms with Gasteiger partial charge in [0.2, 0.25) is 0 Å². The van der Waals surface area contributed by atoms with Crippen molar-refractivity contribution >= 4 is 22.5 Å². The summed E-state index contributed by atoms with van der Waals surface area (Å²) in [5, 5.41) is 31.9. The molecule has 0 bridgehead atoms. The van der Waals surface area contributed by atoms with Crippen LogP contribution in [-0.2, 0) is 4.74 Å². The highest BCUT2D eigenvalue weighted by Gasteiger charge is 2.42. The number of hydrogen-bond acceptors (Lipinski definition) is 10.